The molecule has 1 aromatic carbocycles. The molecule has 5 fully saturated rings. The Kier molecular flexibility index (Phi) is 9.46. The SMILES string of the molecule is O=C1C[C@@H]2O[C@H](CNC(=O)[C@@H]3CN(CCN3S(=O)(=O)c3cccc(F)c3)C(=O)[C@@H]3C[C@@H](CN3CC3CCCCC3)N1)[C@@H](O)[C@H]2O. The lowest BCUT2D eigenvalue weighted by Crippen LogP contribution is -2.63. The molecule has 15 heteroatoms. The van der Waals surface area contributed by atoms with Gasteiger partial charge < -0.3 is 30.5 Å². The zero-order valence-corrected chi connectivity index (χ0v) is 25.9. The number of nitrogens with one attached hydrogen (secondary N) is 2. The van der Waals surface area contributed by atoms with Gasteiger partial charge in [0.2, 0.25) is 27.7 Å². The summed E-state index contributed by atoms with van der Waals surface area (Å²) in [5.74, 6) is -1.65. The van der Waals surface area contributed by atoms with Crippen LogP contribution >= 0.6 is 0 Å². The van der Waals surface area contributed by atoms with Gasteiger partial charge in [-0.2, -0.15) is 4.31 Å². The van der Waals surface area contributed by atoms with Crippen molar-refractivity contribution < 1.29 is 42.1 Å². The van der Waals surface area contributed by atoms with E-state index in [1.54, 1.807) is 0 Å². The minimum atomic E-state index is -4.34. The lowest BCUT2D eigenvalue weighted by Gasteiger charge is -2.41. The van der Waals surface area contributed by atoms with Gasteiger partial charge in [0.25, 0.3) is 0 Å². The van der Waals surface area contributed by atoms with Gasteiger partial charge in [0, 0.05) is 45.3 Å². The molecule has 7 atom stereocenters. The molecule has 4 heterocycles. The minimum absolute atomic E-state index is 0.0281. The molecule has 0 aromatic heterocycles. The van der Waals surface area contributed by atoms with Crippen LogP contribution in [0, 0.1) is 11.7 Å². The lowest BCUT2D eigenvalue weighted by molar-refractivity contribution is -0.140. The van der Waals surface area contributed by atoms with Crippen LogP contribution < -0.4 is 10.6 Å². The maximum atomic E-state index is 14.2. The number of hydrogen-bond donors (Lipinski definition) is 4. The number of likely N-dealkylation sites (tertiary alicyclic amines) is 1. The molecule has 1 aliphatic carbocycles. The van der Waals surface area contributed by atoms with Gasteiger partial charge in [0.15, 0.2) is 0 Å². The first-order valence-corrected chi connectivity index (χ1v) is 17.3. The van der Waals surface area contributed by atoms with Gasteiger partial charge in [-0.15, -0.1) is 0 Å². The second-order valence-corrected chi connectivity index (χ2v) is 14.9. The summed E-state index contributed by atoms with van der Waals surface area (Å²) < 4.78 is 48.2. The molecule has 248 valence electrons. The first kappa shape index (κ1) is 32.3. The monoisotopic (exact) mass is 651 g/mol. The van der Waals surface area contributed by atoms with E-state index in [1.165, 1.54) is 23.5 Å². The van der Waals surface area contributed by atoms with Gasteiger partial charge >= 0.3 is 0 Å². The summed E-state index contributed by atoms with van der Waals surface area (Å²) >= 11 is 0. The Hall–Kier alpha value is -2.69. The molecule has 3 amide bonds. The van der Waals surface area contributed by atoms with Crippen LogP contribution in [-0.4, -0.2) is 132 Å². The summed E-state index contributed by atoms with van der Waals surface area (Å²) in [6, 6.07) is 2.30. The van der Waals surface area contributed by atoms with Crippen molar-refractivity contribution in [1.29, 1.82) is 0 Å². The molecule has 5 aliphatic rings. The van der Waals surface area contributed by atoms with Gasteiger partial charge in [-0.05, 0) is 43.4 Å². The summed E-state index contributed by atoms with van der Waals surface area (Å²) in [7, 11) is -4.34. The third-order valence-electron chi connectivity index (χ3n) is 9.94. The predicted molar refractivity (Wildman–Crippen MR) is 157 cm³/mol. The Bertz CT molecular complexity index is 1390. The number of ether oxygens (including phenoxy) is 1. The van der Waals surface area contributed by atoms with E-state index in [2.05, 4.69) is 15.5 Å². The Balaban J connectivity index is 1.30. The highest BCUT2D eigenvalue weighted by atomic mass is 32.2. The number of benzene rings is 1. The molecule has 1 saturated carbocycles. The third kappa shape index (κ3) is 6.74. The van der Waals surface area contributed by atoms with E-state index in [0.717, 1.165) is 42.1 Å². The predicted octanol–water partition coefficient (Wildman–Crippen LogP) is -0.824. The summed E-state index contributed by atoms with van der Waals surface area (Å²) in [5, 5.41) is 26.8. The average molecular weight is 652 g/mol. The molecule has 4 aliphatic heterocycles. The molecule has 0 unspecified atom stereocenters. The van der Waals surface area contributed by atoms with Crippen molar-refractivity contribution in [3.05, 3.63) is 30.1 Å². The molecule has 45 heavy (non-hydrogen) atoms. The number of halogens is 1. The van der Waals surface area contributed by atoms with Crippen LogP contribution in [-0.2, 0) is 29.1 Å². The number of piperazine rings is 1. The molecule has 6 rings (SSSR count). The number of amides is 3. The van der Waals surface area contributed by atoms with Crippen molar-refractivity contribution in [2.75, 3.05) is 39.3 Å². The van der Waals surface area contributed by atoms with E-state index < -0.39 is 58.2 Å². The summed E-state index contributed by atoms with van der Waals surface area (Å²) in [5.41, 5.74) is 0. The van der Waals surface area contributed by atoms with Crippen LogP contribution in [0.15, 0.2) is 29.2 Å². The highest BCUT2D eigenvalue weighted by Gasteiger charge is 2.48. The topological polar surface area (TPSA) is 169 Å². The number of aliphatic hydroxyl groups is 2. The van der Waals surface area contributed by atoms with E-state index in [1.807, 2.05) is 0 Å². The fourth-order valence-electron chi connectivity index (χ4n) is 7.56. The van der Waals surface area contributed by atoms with Crippen molar-refractivity contribution in [1.82, 2.24) is 24.7 Å². The first-order valence-electron chi connectivity index (χ1n) is 15.9. The quantitative estimate of drug-likeness (QED) is 0.325. The van der Waals surface area contributed by atoms with Crippen LogP contribution in [0.2, 0.25) is 0 Å². The van der Waals surface area contributed by atoms with E-state index in [4.69, 9.17) is 4.74 Å². The van der Waals surface area contributed by atoms with Crippen molar-refractivity contribution in [3.8, 4) is 0 Å². The molecular weight excluding hydrogens is 609 g/mol. The van der Waals surface area contributed by atoms with E-state index in [0.29, 0.717) is 25.4 Å². The largest absolute Gasteiger partial charge is 0.388 e. The fourth-order valence-corrected chi connectivity index (χ4v) is 9.16. The molecule has 13 nitrogen and oxygen atoms in total. The Morgan fingerprint density at radius 3 is 2.49 bits per heavy atom. The molecule has 1 aromatic rings. The molecular formula is C30H42FN5O8S. The highest BCUT2D eigenvalue weighted by Crippen LogP contribution is 2.31. The number of fused-ring (bicyclic) bond motifs is 6. The molecule has 0 spiro atoms. The second-order valence-electron chi connectivity index (χ2n) is 13.0. The summed E-state index contributed by atoms with van der Waals surface area (Å²) in [6.45, 7) is 0.480. The molecule has 0 radical (unpaired) electrons. The van der Waals surface area contributed by atoms with Crippen LogP contribution in [0.4, 0.5) is 4.39 Å². The number of carbonyl (C=O) groups excluding carboxylic acids is 3. The fraction of sp³-hybridized carbons (Fsp3) is 0.700. The minimum Gasteiger partial charge on any atom is -0.388 e. The number of sulfonamides is 1. The highest BCUT2D eigenvalue weighted by molar-refractivity contribution is 7.89. The zero-order valence-electron chi connectivity index (χ0n) is 25.1. The zero-order chi connectivity index (χ0) is 31.9. The van der Waals surface area contributed by atoms with Crippen LogP contribution in [0.25, 0.3) is 0 Å². The van der Waals surface area contributed by atoms with Gasteiger partial charge in [-0.3, -0.25) is 19.3 Å². The van der Waals surface area contributed by atoms with Crippen LogP contribution in [0.3, 0.4) is 0 Å². The average Bonchev–Trinajstić information content (AvgIpc) is 3.53. The molecule has 4 saturated heterocycles. The van der Waals surface area contributed by atoms with Gasteiger partial charge in [-0.25, -0.2) is 12.8 Å². The second kappa shape index (κ2) is 13.2. The van der Waals surface area contributed by atoms with E-state index in [9.17, 15) is 37.4 Å². The number of aliphatic hydroxyl groups excluding tert-OH is 2. The number of nitrogens with zero attached hydrogens (tertiary/aromatic N) is 3. The van der Waals surface area contributed by atoms with Crippen molar-refractivity contribution in [3.63, 3.8) is 0 Å². The molecule has 4 N–H and O–H groups in total. The lowest BCUT2D eigenvalue weighted by atomic mass is 9.89. The third-order valence-corrected chi connectivity index (χ3v) is 11.8. The Morgan fingerprint density at radius 2 is 1.73 bits per heavy atom. The van der Waals surface area contributed by atoms with Crippen molar-refractivity contribution in [2.45, 2.75) is 92.4 Å². The first-order chi connectivity index (χ1) is 21.5. The van der Waals surface area contributed by atoms with Gasteiger partial charge in [0.05, 0.1) is 23.5 Å². The van der Waals surface area contributed by atoms with Crippen LogP contribution in [0.5, 0.6) is 0 Å². The maximum Gasteiger partial charge on any atom is 0.244 e. The molecule has 6 bridgehead atoms. The summed E-state index contributed by atoms with van der Waals surface area (Å²) in [6.07, 6.45) is 0.882. The maximum absolute atomic E-state index is 14.2. The van der Waals surface area contributed by atoms with Crippen molar-refractivity contribution in [2.24, 2.45) is 5.92 Å². The number of hydrogen-bond acceptors (Lipinski definition) is 9. The number of rotatable bonds is 4. The van der Waals surface area contributed by atoms with Gasteiger partial charge in [0.1, 0.15) is 30.2 Å². The smallest absolute Gasteiger partial charge is 0.244 e. The van der Waals surface area contributed by atoms with Gasteiger partial charge in [-0.1, -0.05) is 25.3 Å². The Morgan fingerprint density at radius 1 is 0.978 bits per heavy atom. The Labute approximate surface area is 262 Å². The van der Waals surface area contributed by atoms with E-state index >= 15 is 0 Å². The van der Waals surface area contributed by atoms with E-state index in [-0.39, 0.29) is 55.4 Å². The standard InChI is InChI=1S/C30H42FN5O8S/c31-19-7-4-8-21(11-19)45(42,43)36-10-9-34-17-23(36)29(40)32-14-25-28(39)27(38)24(44-25)13-26(37)33-20-12-22(30(34)41)35(16-20)15-18-5-2-1-3-6-18/h4,7-8,11,18,20,22-25,27-28,38-39H,1-3,5-6,9-10,12-17H2,(H,32,40)(H,33,37)/t20-,22-,23-,24-,25+,27-,28+/m0/s1. The van der Waals surface area contributed by atoms with Crippen molar-refractivity contribution >= 4 is 27.7 Å². The normalized spacial score (nSPS) is 34.5. The van der Waals surface area contributed by atoms with Crippen LogP contribution in [0.1, 0.15) is 44.9 Å². The number of carbonyl (C=O) groups is 3. The summed E-state index contributed by atoms with van der Waals surface area (Å²) in [4.78, 5) is 44.2.